The van der Waals surface area contributed by atoms with Crippen molar-refractivity contribution in [3.63, 3.8) is 0 Å². The first kappa shape index (κ1) is 13.2. The normalized spacial score (nSPS) is 17.1. The summed E-state index contributed by atoms with van der Waals surface area (Å²) in [6.45, 7) is 1.43. The number of rotatable bonds is 3. The Labute approximate surface area is 123 Å². The number of hydrogen-bond acceptors (Lipinski definition) is 3. The number of nitrogens with one attached hydrogen (secondary N) is 1. The SMILES string of the molecule is CN(Cc1cccs1)C(=O)C1CNc2ccccc2C1. The number of hydrogen-bond donors (Lipinski definition) is 1. The van der Waals surface area contributed by atoms with E-state index in [-0.39, 0.29) is 11.8 Å². The van der Waals surface area contributed by atoms with Crippen molar-refractivity contribution < 1.29 is 4.79 Å². The van der Waals surface area contributed by atoms with E-state index in [9.17, 15) is 4.79 Å². The summed E-state index contributed by atoms with van der Waals surface area (Å²) >= 11 is 1.69. The largest absolute Gasteiger partial charge is 0.384 e. The van der Waals surface area contributed by atoms with Gasteiger partial charge < -0.3 is 10.2 Å². The second-order valence-electron chi connectivity index (χ2n) is 5.21. The highest BCUT2D eigenvalue weighted by Gasteiger charge is 2.26. The molecule has 0 spiro atoms. The minimum absolute atomic E-state index is 0.0369. The molecule has 3 nitrogen and oxygen atoms in total. The van der Waals surface area contributed by atoms with Crippen LogP contribution in [0.4, 0.5) is 5.69 Å². The van der Waals surface area contributed by atoms with Gasteiger partial charge in [0.15, 0.2) is 0 Å². The molecule has 0 fully saturated rings. The van der Waals surface area contributed by atoms with Crippen LogP contribution in [0.25, 0.3) is 0 Å². The molecule has 0 aliphatic carbocycles. The fraction of sp³-hybridized carbons (Fsp3) is 0.312. The molecule has 1 amide bonds. The second-order valence-corrected chi connectivity index (χ2v) is 6.25. The molecule has 2 heterocycles. The predicted molar refractivity (Wildman–Crippen MR) is 82.9 cm³/mol. The van der Waals surface area contributed by atoms with Crippen LogP contribution < -0.4 is 5.32 Å². The molecule has 0 radical (unpaired) electrons. The molecule has 0 saturated carbocycles. The smallest absolute Gasteiger partial charge is 0.227 e. The lowest BCUT2D eigenvalue weighted by Gasteiger charge is -2.28. The van der Waals surface area contributed by atoms with Gasteiger partial charge in [-0.15, -0.1) is 11.3 Å². The minimum Gasteiger partial charge on any atom is -0.384 e. The summed E-state index contributed by atoms with van der Waals surface area (Å²) in [5.74, 6) is 0.260. The maximum absolute atomic E-state index is 12.5. The summed E-state index contributed by atoms with van der Waals surface area (Å²) in [4.78, 5) is 15.6. The van der Waals surface area contributed by atoms with E-state index in [0.29, 0.717) is 6.54 Å². The molecule has 0 saturated heterocycles. The minimum atomic E-state index is 0.0369. The average molecular weight is 286 g/mol. The molecule has 1 aliphatic heterocycles. The number of benzene rings is 1. The van der Waals surface area contributed by atoms with Gasteiger partial charge >= 0.3 is 0 Å². The number of para-hydroxylation sites is 1. The van der Waals surface area contributed by atoms with Crippen LogP contribution in [-0.2, 0) is 17.8 Å². The molecular formula is C16H18N2OS. The Balaban J connectivity index is 1.66. The van der Waals surface area contributed by atoms with Crippen molar-refractivity contribution in [2.24, 2.45) is 5.92 Å². The monoisotopic (exact) mass is 286 g/mol. The zero-order valence-electron chi connectivity index (χ0n) is 11.5. The average Bonchev–Trinajstić information content (AvgIpc) is 2.99. The van der Waals surface area contributed by atoms with Gasteiger partial charge in [-0.25, -0.2) is 0 Å². The summed E-state index contributed by atoms with van der Waals surface area (Å²) in [5, 5.41) is 5.41. The summed E-state index contributed by atoms with van der Waals surface area (Å²) in [5.41, 5.74) is 2.40. The lowest BCUT2D eigenvalue weighted by molar-refractivity contribution is -0.134. The molecule has 1 unspecified atom stereocenters. The van der Waals surface area contributed by atoms with E-state index in [1.165, 1.54) is 10.4 Å². The van der Waals surface area contributed by atoms with Gasteiger partial charge in [0, 0.05) is 24.2 Å². The number of thiophene rings is 1. The summed E-state index contributed by atoms with van der Waals surface area (Å²) in [6.07, 6.45) is 0.830. The third-order valence-electron chi connectivity index (χ3n) is 3.72. The summed E-state index contributed by atoms with van der Waals surface area (Å²) in [7, 11) is 1.89. The van der Waals surface area contributed by atoms with Gasteiger partial charge in [-0.3, -0.25) is 4.79 Å². The van der Waals surface area contributed by atoms with Crippen LogP contribution in [0.3, 0.4) is 0 Å². The van der Waals surface area contributed by atoms with E-state index in [0.717, 1.165) is 18.7 Å². The first-order valence-corrected chi connectivity index (χ1v) is 7.71. The Morgan fingerprint density at radius 1 is 1.35 bits per heavy atom. The zero-order chi connectivity index (χ0) is 13.9. The van der Waals surface area contributed by atoms with Crippen molar-refractivity contribution in [1.82, 2.24) is 4.90 Å². The molecule has 2 aromatic rings. The van der Waals surface area contributed by atoms with Gasteiger partial charge in [0.1, 0.15) is 0 Å². The second kappa shape index (κ2) is 5.67. The maximum atomic E-state index is 12.5. The van der Waals surface area contributed by atoms with Crippen molar-refractivity contribution in [3.05, 3.63) is 52.2 Å². The van der Waals surface area contributed by atoms with E-state index in [4.69, 9.17) is 0 Å². The van der Waals surface area contributed by atoms with E-state index >= 15 is 0 Å². The standard InChI is InChI=1S/C16H18N2OS/c1-18(11-14-6-4-8-20-14)16(19)13-9-12-5-2-3-7-15(12)17-10-13/h2-8,13,17H,9-11H2,1H3. The van der Waals surface area contributed by atoms with E-state index in [1.807, 2.05) is 35.5 Å². The fourth-order valence-corrected chi connectivity index (χ4v) is 3.40. The number of fused-ring (bicyclic) bond motifs is 1. The Bertz CT molecular complexity index is 594. The number of amides is 1. The van der Waals surface area contributed by atoms with Crippen molar-refractivity contribution in [2.75, 3.05) is 18.9 Å². The van der Waals surface area contributed by atoms with Gasteiger partial charge in [0.2, 0.25) is 5.91 Å². The molecule has 3 rings (SSSR count). The van der Waals surface area contributed by atoms with Crippen molar-refractivity contribution in [1.29, 1.82) is 0 Å². The molecular weight excluding hydrogens is 268 g/mol. The van der Waals surface area contributed by atoms with Gasteiger partial charge in [0.25, 0.3) is 0 Å². The highest BCUT2D eigenvalue weighted by atomic mass is 32.1. The quantitative estimate of drug-likeness (QED) is 0.940. The zero-order valence-corrected chi connectivity index (χ0v) is 12.3. The third kappa shape index (κ3) is 2.70. The van der Waals surface area contributed by atoms with Crippen LogP contribution in [0, 0.1) is 5.92 Å². The van der Waals surface area contributed by atoms with Gasteiger partial charge in [-0.05, 0) is 29.5 Å². The molecule has 1 aliphatic rings. The van der Waals surface area contributed by atoms with Crippen molar-refractivity contribution in [3.8, 4) is 0 Å². The van der Waals surface area contributed by atoms with E-state index in [1.54, 1.807) is 11.3 Å². The van der Waals surface area contributed by atoms with Crippen LogP contribution in [0.15, 0.2) is 41.8 Å². The lowest BCUT2D eigenvalue weighted by atomic mass is 9.93. The number of anilines is 1. The maximum Gasteiger partial charge on any atom is 0.227 e. The van der Waals surface area contributed by atoms with Gasteiger partial charge in [-0.2, -0.15) is 0 Å². The van der Waals surface area contributed by atoms with Gasteiger partial charge in [-0.1, -0.05) is 24.3 Å². The van der Waals surface area contributed by atoms with Crippen LogP contribution in [-0.4, -0.2) is 24.4 Å². The molecule has 20 heavy (non-hydrogen) atoms. The Morgan fingerprint density at radius 3 is 3.00 bits per heavy atom. The Kier molecular flexibility index (Phi) is 3.74. The van der Waals surface area contributed by atoms with Crippen LogP contribution in [0.2, 0.25) is 0 Å². The van der Waals surface area contributed by atoms with E-state index < -0.39 is 0 Å². The van der Waals surface area contributed by atoms with Crippen LogP contribution >= 0.6 is 11.3 Å². The first-order valence-electron chi connectivity index (χ1n) is 6.83. The molecule has 1 atom stereocenters. The fourth-order valence-electron chi connectivity index (χ4n) is 2.64. The summed E-state index contributed by atoms with van der Waals surface area (Å²) < 4.78 is 0. The van der Waals surface area contributed by atoms with E-state index in [2.05, 4.69) is 23.5 Å². The number of carbonyl (C=O) groups is 1. The van der Waals surface area contributed by atoms with Crippen molar-refractivity contribution in [2.45, 2.75) is 13.0 Å². The molecule has 1 aromatic heterocycles. The third-order valence-corrected chi connectivity index (χ3v) is 4.58. The first-order chi connectivity index (χ1) is 9.74. The molecule has 4 heteroatoms. The lowest BCUT2D eigenvalue weighted by Crippen LogP contribution is -2.38. The molecule has 104 valence electrons. The predicted octanol–water partition coefficient (Wildman–Crippen LogP) is 2.99. The number of nitrogens with zero attached hydrogens (tertiary/aromatic N) is 1. The highest BCUT2D eigenvalue weighted by molar-refractivity contribution is 7.09. The van der Waals surface area contributed by atoms with Crippen molar-refractivity contribution >= 4 is 22.9 Å². The number of carbonyl (C=O) groups excluding carboxylic acids is 1. The highest BCUT2D eigenvalue weighted by Crippen LogP contribution is 2.25. The van der Waals surface area contributed by atoms with Gasteiger partial charge in [0.05, 0.1) is 12.5 Å². The topological polar surface area (TPSA) is 32.3 Å². The van der Waals surface area contributed by atoms with Crippen LogP contribution in [0.1, 0.15) is 10.4 Å². The Morgan fingerprint density at radius 2 is 2.20 bits per heavy atom. The van der Waals surface area contributed by atoms with Crippen LogP contribution in [0.5, 0.6) is 0 Å². The molecule has 1 aromatic carbocycles. The summed E-state index contributed by atoms with van der Waals surface area (Å²) in [6, 6.07) is 12.3. The molecule has 1 N–H and O–H groups in total. The Hall–Kier alpha value is -1.81. The molecule has 0 bridgehead atoms.